The molecule has 2 fully saturated rings. The summed E-state index contributed by atoms with van der Waals surface area (Å²) in [6, 6.07) is 40.6. The van der Waals surface area contributed by atoms with E-state index in [4.69, 9.17) is 9.47 Å². The maximum absolute atomic E-state index is 13.9. The first-order valence-electron chi connectivity index (χ1n) is 19.5. The highest BCUT2D eigenvalue weighted by molar-refractivity contribution is 5.84. The molecule has 5 aromatic carbocycles. The molecule has 59 heavy (non-hydrogen) atoms. The molecule has 2 aromatic heterocycles. The number of anilines is 1. The number of carbonyl (C=O) groups is 1. The summed E-state index contributed by atoms with van der Waals surface area (Å²) in [5.41, 5.74) is 4.88. The summed E-state index contributed by atoms with van der Waals surface area (Å²) in [6.07, 6.45) is 3.50. The summed E-state index contributed by atoms with van der Waals surface area (Å²) in [4.78, 5) is 38.9. The van der Waals surface area contributed by atoms with Gasteiger partial charge in [-0.25, -0.2) is 14.8 Å². The van der Waals surface area contributed by atoms with Crippen molar-refractivity contribution in [3.63, 3.8) is 0 Å². The minimum Gasteiger partial charge on any atom is -0.434 e. The van der Waals surface area contributed by atoms with Gasteiger partial charge in [0, 0.05) is 56.7 Å². The highest BCUT2D eigenvalue weighted by Gasteiger charge is 2.38. The second kappa shape index (κ2) is 15.8. The molecule has 4 heterocycles. The molecule has 0 radical (unpaired) electrons. The highest BCUT2D eigenvalue weighted by Crippen LogP contribution is 2.41. The van der Waals surface area contributed by atoms with Gasteiger partial charge < -0.3 is 24.6 Å². The molecule has 0 aliphatic carbocycles. The van der Waals surface area contributed by atoms with Crippen LogP contribution in [-0.4, -0.2) is 69.1 Å². The second-order valence-electron chi connectivity index (χ2n) is 14.8. The topological polar surface area (TPSA) is 107 Å². The zero-order valence-corrected chi connectivity index (χ0v) is 32.2. The number of aromatic nitrogens is 4. The van der Waals surface area contributed by atoms with Crippen LogP contribution in [-0.2, 0) is 30.5 Å². The van der Waals surface area contributed by atoms with Gasteiger partial charge in [-0.2, -0.15) is 8.78 Å². The van der Waals surface area contributed by atoms with E-state index in [1.165, 1.54) is 10.7 Å². The van der Waals surface area contributed by atoms with Gasteiger partial charge in [0.05, 0.1) is 30.1 Å². The van der Waals surface area contributed by atoms with E-state index >= 15 is 0 Å². The van der Waals surface area contributed by atoms with Crippen LogP contribution in [0.15, 0.2) is 145 Å². The first kappa shape index (κ1) is 37.7. The number of ether oxygens (including phenoxy) is 2. The fraction of sp³-hybridized carbons (Fsp3) is 0.217. The maximum atomic E-state index is 13.9. The molecule has 2 saturated heterocycles. The molecule has 0 spiro atoms. The van der Waals surface area contributed by atoms with Gasteiger partial charge in [-0.1, -0.05) is 103 Å². The molecule has 0 bridgehead atoms. The van der Waals surface area contributed by atoms with Crippen molar-refractivity contribution in [2.45, 2.75) is 31.4 Å². The molecule has 2 aliphatic heterocycles. The minimum absolute atomic E-state index is 0.00258. The number of benzene rings is 5. The van der Waals surface area contributed by atoms with Crippen LogP contribution in [0.5, 0.6) is 5.75 Å². The molecule has 298 valence electrons. The summed E-state index contributed by atoms with van der Waals surface area (Å²) < 4.78 is 43.1. The normalized spacial score (nSPS) is 15.5. The van der Waals surface area contributed by atoms with Crippen molar-refractivity contribution in [3.8, 4) is 16.9 Å². The maximum Gasteiger partial charge on any atom is 0.387 e. The number of hydrogen-bond donors (Lipinski definition) is 1. The third-order valence-corrected chi connectivity index (χ3v) is 11.3. The molecule has 1 unspecified atom stereocenters. The van der Waals surface area contributed by atoms with E-state index in [1.807, 2.05) is 108 Å². The Morgan fingerprint density at radius 2 is 1.44 bits per heavy atom. The molecule has 13 heteroatoms. The third kappa shape index (κ3) is 7.18. The number of piperazine rings is 1. The standard InChI is InChI=1S/C46H41F2N7O4/c1-52-42(56)39-19-18-32(34-25-49-44(50-26-34)53-21-22-54-38(29-53)27-51-45(54)57)24-40(39)55(52)28-33-23-31(17-20-41(33)59-43(47)48)30-58-46(35-11-5-2-6-12-35,36-13-7-3-8-14-36)37-15-9-4-10-16-37/h2-20,23-26,38,43H,21-22,27-30H2,1H3,(H,51,57). The molecular formula is C46H41F2N7O4. The number of halogens is 2. The fourth-order valence-electron chi connectivity index (χ4n) is 8.34. The number of nitrogens with zero attached hydrogens (tertiary/aromatic N) is 6. The molecule has 2 amide bonds. The van der Waals surface area contributed by atoms with Gasteiger partial charge in [-0.05, 0) is 52.1 Å². The summed E-state index contributed by atoms with van der Waals surface area (Å²) in [6.45, 7) is -0.424. The Kier molecular flexibility index (Phi) is 10.1. The molecule has 11 nitrogen and oxygen atoms in total. The summed E-state index contributed by atoms with van der Waals surface area (Å²) in [5, 5.41) is 3.37. The molecule has 1 atom stereocenters. The van der Waals surface area contributed by atoms with Crippen LogP contribution < -0.4 is 20.5 Å². The number of fused-ring (bicyclic) bond motifs is 2. The summed E-state index contributed by atoms with van der Waals surface area (Å²) in [7, 11) is 1.65. The van der Waals surface area contributed by atoms with Gasteiger partial charge in [-0.15, -0.1) is 0 Å². The Morgan fingerprint density at radius 3 is 2.07 bits per heavy atom. The number of rotatable bonds is 12. The number of carbonyl (C=O) groups excluding carboxylic acids is 1. The quantitative estimate of drug-likeness (QED) is 0.131. The minimum atomic E-state index is -3.06. The van der Waals surface area contributed by atoms with E-state index in [0.29, 0.717) is 48.6 Å². The van der Waals surface area contributed by atoms with E-state index in [2.05, 4.69) is 20.2 Å². The molecular weight excluding hydrogens is 753 g/mol. The summed E-state index contributed by atoms with van der Waals surface area (Å²) in [5.74, 6) is 0.576. The number of urea groups is 1. The van der Waals surface area contributed by atoms with Crippen molar-refractivity contribution >= 4 is 22.9 Å². The lowest BCUT2D eigenvalue weighted by Crippen LogP contribution is -2.52. The van der Waals surface area contributed by atoms with Crippen molar-refractivity contribution in [1.82, 2.24) is 29.5 Å². The number of hydrogen-bond acceptors (Lipinski definition) is 7. The Labute approximate surface area is 339 Å². The fourth-order valence-corrected chi connectivity index (χ4v) is 8.34. The average Bonchev–Trinajstić information content (AvgIpc) is 3.76. The summed E-state index contributed by atoms with van der Waals surface area (Å²) >= 11 is 0. The average molecular weight is 794 g/mol. The lowest BCUT2D eigenvalue weighted by atomic mass is 9.80. The van der Waals surface area contributed by atoms with Crippen molar-refractivity contribution in [3.05, 3.63) is 178 Å². The first-order valence-corrected chi connectivity index (χ1v) is 19.5. The largest absolute Gasteiger partial charge is 0.434 e. The Bertz CT molecular complexity index is 2560. The number of nitrogens with one attached hydrogen (secondary N) is 1. The molecule has 7 aromatic rings. The van der Waals surface area contributed by atoms with Crippen LogP contribution in [0.25, 0.3) is 22.0 Å². The van der Waals surface area contributed by atoms with Crippen molar-refractivity contribution in [2.24, 2.45) is 7.05 Å². The lowest BCUT2D eigenvalue weighted by molar-refractivity contribution is -0.0505. The van der Waals surface area contributed by atoms with Crippen LogP contribution in [0, 0.1) is 0 Å². The molecule has 1 N–H and O–H groups in total. The Balaban J connectivity index is 1.04. The number of amides is 2. The zero-order valence-electron chi connectivity index (χ0n) is 32.2. The van der Waals surface area contributed by atoms with Crippen LogP contribution >= 0.6 is 0 Å². The third-order valence-electron chi connectivity index (χ3n) is 11.3. The van der Waals surface area contributed by atoms with Gasteiger partial charge in [0.1, 0.15) is 11.4 Å². The second-order valence-corrected chi connectivity index (χ2v) is 14.8. The highest BCUT2D eigenvalue weighted by atomic mass is 19.3. The van der Waals surface area contributed by atoms with Crippen LogP contribution in [0.2, 0.25) is 0 Å². The van der Waals surface area contributed by atoms with Crippen LogP contribution in [0.1, 0.15) is 27.8 Å². The molecule has 0 saturated carbocycles. The lowest BCUT2D eigenvalue weighted by Gasteiger charge is -2.36. The predicted molar refractivity (Wildman–Crippen MR) is 220 cm³/mol. The van der Waals surface area contributed by atoms with Crippen molar-refractivity contribution in [2.75, 3.05) is 31.1 Å². The Morgan fingerprint density at radius 1 is 0.797 bits per heavy atom. The van der Waals surface area contributed by atoms with Gasteiger partial charge in [-0.3, -0.25) is 14.2 Å². The molecule has 9 rings (SSSR count). The van der Waals surface area contributed by atoms with Gasteiger partial charge >= 0.3 is 12.6 Å². The monoisotopic (exact) mass is 793 g/mol. The van der Waals surface area contributed by atoms with Crippen LogP contribution in [0.4, 0.5) is 19.5 Å². The van der Waals surface area contributed by atoms with E-state index in [0.717, 1.165) is 33.4 Å². The van der Waals surface area contributed by atoms with Gasteiger partial charge in [0.25, 0.3) is 5.56 Å². The first-order chi connectivity index (χ1) is 28.8. The molecule has 2 aliphatic rings. The zero-order chi connectivity index (χ0) is 40.5. The van der Waals surface area contributed by atoms with E-state index in [9.17, 15) is 18.4 Å². The smallest absolute Gasteiger partial charge is 0.387 e. The Hall–Kier alpha value is -6.86. The SMILES string of the molecule is Cn1c(=O)c2ccc(-c3cnc(N4CCN5C(=O)NCC5C4)nc3)cc2n1Cc1cc(COC(c2ccccc2)(c2ccccc2)c2ccccc2)ccc1OC(F)F. The van der Waals surface area contributed by atoms with Gasteiger partial charge in [0.2, 0.25) is 5.95 Å². The van der Waals surface area contributed by atoms with Crippen molar-refractivity contribution < 1.29 is 23.0 Å². The van der Waals surface area contributed by atoms with Crippen molar-refractivity contribution in [1.29, 1.82) is 0 Å². The number of alkyl halides is 2. The van der Waals surface area contributed by atoms with E-state index < -0.39 is 12.2 Å². The predicted octanol–water partition coefficient (Wildman–Crippen LogP) is 7.17. The van der Waals surface area contributed by atoms with Crippen LogP contribution in [0.3, 0.4) is 0 Å². The van der Waals surface area contributed by atoms with E-state index in [-0.39, 0.29) is 36.5 Å². The van der Waals surface area contributed by atoms with E-state index in [1.54, 1.807) is 42.3 Å². The van der Waals surface area contributed by atoms with Gasteiger partial charge in [0.15, 0.2) is 0 Å².